The highest BCUT2D eigenvalue weighted by Gasteiger charge is 2.18. The van der Waals surface area contributed by atoms with Crippen LogP contribution in [0.25, 0.3) is 0 Å². The molecule has 0 bridgehead atoms. The molecule has 2 rings (SSSR count). The number of ether oxygens (including phenoxy) is 1. The molecule has 1 aromatic rings. The van der Waals surface area contributed by atoms with Gasteiger partial charge in [-0.1, -0.05) is 45.0 Å². The maximum atomic E-state index is 5.75. The predicted molar refractivity (Wildman–Crippen MR) is 89.8 cm³/mol. The van der Waals surface area contributed by atoms with Crippen LogP contribution in [0.5, 0.6) is 0 Å². The van der Waals surface area contributed by atoms with Crippen molar-refractivity contribution in [1.82, 2.24) is 5.32 Å². The van der Waals surface area contributed by atoms with Crippen LogP contribution in [-0.2, 0) is 4.74 Å². The first-order valence-corrected chi connectivity index (χ1v) is 8.69. The Morgan fingerprint density at radius 3 is 2.48 bits per heavy atom. The molecular formula is C19H31NO. The van der Waals surface area contributed by atoms with E-state index in [4.69, 9.17) is 4.74 Å². The third-order valence-electron chi connectivity index (χ3n) is 4.77. The van der Waals surface area contributed by atoms with Gasteiger partial charge in [0.25, 0.3) is 0 Å². The van der Waals surface area contributed by atoms with Crippen molar-refractivity contribution >= 4 is 0 Å². The van der Waals surface area contributed by atoms with Gasteiger partial charge in [0.15, 0.2) is 0 Å². The van der Waals surface area contributed by atoms with Gasteiger partial charge in [-0.25, -0.2) is 0 Å². The van der Waals surface area contributed by atoms with Crippen LogP contribution in [0.2, 0.25) is 0 Å². The summed E-state index contributed by atoms with van der Waals surface area (Å²) in [5.41, 5.74) is 2.87. The number of hydrogen-bond donors (Lipinski definition) is 1. The third-order valence-corrected chi connectivity index (χ3v) is 4.77. The normalized spacial score (nSPS) is 21.4. The molecule has 1 aliphatic heterocycles. The number of nitrogens with one attached hydrogen (secondary N) is 1. The van der Waals surface area contributed by atoms with Gasteiger partial charge in [0, 0.05) is 12.6 Å². The van der Waals surface area contributed by atoms with Crippen molar-refractivity contribution in [3.05, 3.63) is 35.4 Å². The highest BCUT2D eigenvalue weighted by atomic mass is 16.5. The summed E-state index contributed by atoms with van der Waals surface area (Å²) in [5.74, 6) is 0.656. The summed E-state index contributed by atoms with van der Waals surface area (Å²) < 4.78 is 5.75. The van der Waals surface area contributed by atoms with Crippen molar-refractivity contribution in [1.29, 1.82) is 0 Å². The second kappa shape index (κ2) is 8.55. The number of rotatable bonds is 8. The van der Waals surface area contributed by atoms with Crippen LogP contribution in [0, 0.1) is 0 Å². The number of hydrogen-bond acceptors (Lipinski definition) is 2. The van der Waals surface area contributed by atoms with E-state index in [1.54, 1.807) is 0 Å². The molecule has 21 heavy (non-hydrogen) atoms. The van der Waals surface area contributed by atoms with E-state index in [-0.39, 0.29) is 0 Å². The van der Waals surface area contributed by atoms with Crippen molar-refractivity contribution < 1.29 is 4.74 Å². The molecule has 0 aliphatic carbocycles. The van der Waals surface area contributed by atoms with E-state index in [1.807, 2.05) is 0 Å². The third kappa shape index (κ3) is 4.82. The van der Waals surface area contributed by atoms with Crippen LogP contribution in [0.4, 0.5) is 0 Å². The van der Waals surface area contributed by atoms with Crippen LogP contribution in [0.15, 0.2) is 24.3 Å². The average molecular weight is 289 g/mol. The van der Waals surface area contributed by atoms with Gasteiger partial charge in [-0.15, -0.1) is 0 Å². The molecule has 0 radical (unpaired) electrons. The summed E-state index contributed by atoms with van der Waals surface area (Å²) in [6.07, 6.45) is 6.51. The summed E-state index contributed by atoms with van der Waals surface area (Å²) in [5, 5.41) is 3.63. The molecule has 2 heteroatoms. The zero-order valence-corrected chi connectivity index (χ0v) is 13.9. The molecule has 3 atom stereocenters. The van der Waals surface area contributed by atoms with Crippen LogP contribution in [-0.4, -0.2) is 19.3 Å². The molecule has 0 saturated carbocycles. The Kier molecular flexibility index (Phi) is 6.72. The molecule has 0 aromatic heterocycles. The molecule has 1 fully saturated rings. The fourth-order valence-corrected chi connectivity index (χ4v) is 3.15. The van der Waals surface area contributed by atoms with Gasteiger partial charge < -0.3 is 10.1 Å². The molecule has 1 N–H and O–H groups in total. The summed E-state index contributed by atoms with van der Waals surface area (Å²) in [6.45, 7) is 8.71. The first-order valence-electron chi connectivity index (χ1n) is 8.69. The molecule has 1 aromatic carbocycles. The Labute approximate surface area is 130 Å². The molecule has 1 saturated heterocycles. The SMILES string of the molecule is CCNC(CCC1CCCO1)c1ccc(C(C)CC)cc1. The fourth-order valence-electron chi connectivity index (χ4n) is 3.15. The highest BCUT2D eigenvalue weighted by molar-refractivity contribution is 5.27. The monoisotopic (exact) mass is 289 g/mol. The van der Waals surface area contributed by atoms with Crippen molar-refractivity contribution in [3.8, 4) is 0 Å². The summed E-state index contributed by atoms with van der Waals surface area (Å²) in [7, 11) is 0. The molecular weight excluding hydrogens is 258 g/mol. The smallest absolute Gasteiger partial charge is 0.0576 e. The first kappa shape index (κ1) is 16.5. The van der Waals surface area contributed by atoms with Crippen LogP contribution >= 0.6 is 0 Å². The molecule has 118 valence electrons. The predicted octanol–water partition coefficient (Wildman–Crippen LogP) is 4.81. The van der Waals surface area contributed by atoms with Crippen molar-refractivity contribution in [3.63, 3.8) is 0 Å². The van der Waals surface area contributed by atoms with Gasteiger partial charge in [0.2, 0.25) is 0 Å². The Bertz CT molecular complexity index is 395. The van der Waals surface area contributed by atoms with Crippen LogP contribution in [0.3, 0.4) is 0 Å². The molecule has 0 amide bonds. The van der Waals surface area contributed by atoms with Crippen LogP contribution in [0.1, 0.15) is 76.0 Å². The van der Waals surface area contributed by atoms with E-state index >= 15 is 0 Å². The molecule has 0 spiro atoms. The van der Waals surface area contributed by atoms with Gasteiger partial charge in [-0.05, 0) is 55.7 Å². The highest BCUT2D eigenvalue weighted by Crippen LogP contribution is 2.26. The Morgan fingerprint density at radius 1 is 1.19 bits per heavy atom. The fraction of sp³-hybridized carbons (Fsp3) is 0.684. The van der Waals surface area contributed by atoms with E-state index in [1.165, 1.54) is 43.2 Å². The zero-order chi connectivity index (χ0) is 15.1. The maximum absolute atomic E-state index is 5.75. The lowest BCUT2D eigenvalue weighted by atomic mass is 9.94. The Balaban J connectivity index is 1.95. The van der Waals surface area contributed by atoms with Gasteiger partial charge in [-0.3, -0.25) is 0 Å². The van der Waals surface area contributed by atoms with E-state index < -0.39 is 0 Å². The van der Waals surface area contributed by atoms with E-state index in [0.717, 1.165) is 13.2 Å². The van der Waals surface area contributed by atoms with Gasteiger partial charge in [0.1, 0.15) is 0 Å². The quantitative estimate of drug-likeness (QED) is 0.741. The molecule has 2 nitrogen and oxygen atoms in total. The summed E-state index contributed by atoms with van der Waals surface area (Å²) >= 11 is 0. The minimum atomic E-state index is 0.463. The Hall–Kier alpha value is -0.860. The average Bonchev–Trinajstić information content (AvgIpc) is 3.04. The topological polar surface area (TPSA) is 21.3 Å². The van der Waals surface area contributed by atoms with Crippen molar-refractivity contribution in [2.75, 3.05) is 13.2 Å². The lowest BCUT2D eigenvalue weighted by Crippen LogP contribution is -2.22. The van der Waals surface area contributed by atoms with Gasteiger partial charge in [0.05, 0.1) is 6.10 Å². The van der Waals surface area contributed by atoms with E-state index in [2.05, 4.69) is 50.4 Å². The molecule has 1 heterocycles. The van der Waals surface area contributed by atoms with Crippen LogP contribution < -0.4 is 5.32 Å². The van der Waals surface area contributed by atoms with E-state index in [9.17, 15) is 0 Å². The lowest BCUT2D eigenvalue weighted by Gasteiger charge is -2.21. The van der Waals surface area contributed by atoms with E-state index in [0.29, 0.717) is 18.1 Å². The molecule has 1 aliphatic rings. The largest absolute Gasteiger partial charge is 0.378 e. The second-order valence-corrected chi connectivity index (χ2v) is 6.30. The van der Waals surface area contributed by atoms with Crippen molar-refractivity contribution in [2.45, 2.75) is 70.9 Å². The Morgan fingerprint density at radius 2 is 1.90 bits per heavy atom. The van der Waals surface area contributed by atoms with Crippen molar-refractivity contribution in [2.24, 2.45) is 0 Å². The summed E-state index contributed by atoms with van der Waals surface area (Å²) in [6, 6.07) is 9.69. The lowest BCUT2D eigenvalue weighted by molar-refractivity contribution is 0.0996. The minimum absolute atomic E-state index is 0.463. The zero-order valence-electron chi connectivity index (χ0n) is 13.9. The minimum Gasteiger partial charge on any atom is -0.378 e. The first-order chi connectivity index (χ1) is 10.2. The second-order valence-electron chi connectivity index (χ2n) is 6.30. The standard InChI is InChI=1S/C19H31NO/c1-4-15(3)16-8-10-17(11-9-16)19(20-5-2)13-12-18-7-6-14-21-18/h8-11,15,18-20H,4-7,12-14H2,1-3H3. The van der Waals surface area contributed by atoms with Gasteiger partial charge >= 0.3 is 0 Å². The number of benzene rings is 1. The van der Waals surface area contributed by atoms with Gasteiger partial charge in [-0.2, -0.15) is 0 Å². The maximum Gasteiger partial charge on any atom is 0.0576 e. The summed E-state index contributed by atoms with van der Waals surface area (Å²) in [4.78, 5) is 0. The molecule has 3 unspecified atom stereocenters.